The first kappa shape index (κ1) is 12.8. The van der Waals surface area contributed by atoms with E-state index in [9.17, 15) is 5.11 Å². The van der Waals surface area contributed by atoms with E-state index in [1.165, 1.54) is 0 Å². The van der Waals surface area contributed by atoms with Crippen LogP contribution in [0.1, 0.15) is 38.4 Å². The minimum atomic E-state index is -0.152. The fraction of sp³-hybridized carbons (Fsp3) is 0.667. The molecule has 2 heterocycles. The Kier molecular flexibility index (Phi) is 3.99. The Labute approximate surface area is 110 Å². The van der Waals surface area contributed by atoms with Crippen molar-refractivity contribution in [3.63, 3.8) is 0 Å². The van der Waals surface area contributed by atoms with Crippen LogP contribution in [0, 0.1) is 0 Å². The number of hydrogen-bond donors (Lipinski definition) is 1. The van der Waals surface area contributed by atoms with Crippen LogP contribution < -0.4 is 4.90 Å². The molecule has 0 saturated carbocycles. The molecule has 94 valence electrons. The lowest BCUT2D eigenvalue weighted by molar-refractivity contribution is 0.145. The van der Waals surface area contributed by atoms with E-state index in [-0.39, 0.29) is 6.10 Å². The van der Waals surface area contributed by atoms with Crippen LogP contribution in [-0.4, -0.2) is 34.3 Å². The van der Waals surface area contributed by atoms with Crippen molar-refractivity contribution < 1.29 is 5.11 Å². The van der Waals surface area contributed by atoms with Crippen molar-refractivity contribution in [3.8, 4) is 0 Å². The van der Waals surface area contributed by atoms with Crippen molar-refractivity contribution in [3.05, 3.63) is 16.5 Å². The highest BCUT2D eigenvalue weighted by molar-refractivity contribution is 9.10. The number of nitrogens with zero attached hydrogens (tertiary/aromatic N) is 3. The summed E-state index contributed by atoms with van der Waals surface area (Å²) < 4.78 is 0.831. The monoisotopic (exact) mass is 299 g/mol. The molecule has 1 aromatic rings. The molecule has 2 rings (SSSR count). The third-order valence-corrected chi connectivity index (χ3v) is 3.41. The molecule has 5 heteroatoms. The third-order valence-electron chi connectivity index (χ3n) is 3.00. The Morgan fingerprint density at radius 3 is 2.59 bits per heavy atom. The molecule has 0 bridgehead atoms. The summed E-state index contributed by atoms with van der Waals surface area (Å²) in [6.07, 6.45) is 1.48. The van der Waals surface area contributed by atoms with Gasteiger partial charge in [-0.25, -0.2) is 9.97 Å². The van der Waals surface area contributed by atoms with Crippen LogP contribution in [0.15, 0.2) is 10.7 Å². The van der Waals surface area contributed by atoms with Crippen molar-refractivity contribution in [1.29, 1.82) is 0 Å². The number of aliphatic hydroxyl groups excluding tert-OH is 1. The summed E-state index contributed by atoms with van der Waals surface area (Å²) in [6, 6.07) is 1.95. The molecule has 1 N–H and O–H groups in total. The van der Waals surface area contributed by atoms with Gasteiger partial charge in [-0.2, -0.15) is 0 Å². The van der Waals surface area contributed by atoms with Crippen LogP contribution in [0.25, 0.3) is 0 Å². The standard InChI is InChI=1S/C12H18BrN3O/c1-8(2)12-14-10(13)7-11(15-12)16-5-3-9(17)4-6-16/h7-9,17H,3-6H2,1-2H3. The van der Waals surface area contributed by atoms with Gasteiger partial charge in [0.05, 0.1) is 6.10 Å². The minimum absolute atomic E-state index is 0.152. The molecule has 0 atom stereocenters. The molecule has 0 radical (unpaired) electrons. The first-order chi connectivity index (χ1) is 8.06. The lowest BCUT2D eigenvalue weighted by Crippen LogP contribution is -2.36. The molecule has 1 saturated heterocycles. The van der Waals surface area contributed by atoms with E-state index < -0.39 is 0 Å². The first-order valence-electron chi connectivity index (χ1n) is 6.03. The molecule has 17 heavy (non-hydrogen) atoms. The summed E-state index contributed by atoms with van der Waals surface area (Å²) in [5.74, 6) is 2.14. The van der Waals surface area contributed by atoms with E-state index in [2.05, 4.69) is 44.6 Å². The number of rotatable bonds is 2. The highest BCUT2D eigenvalue weighted by atomic mass is 79.9. The van der Waals surface area contributed by atoms with E-state index in [1.807, 2.05) is 6.07 Å². The predicted molar refractivity (Wildman–Crippen MR) is 71.3 cm³/mol. The Hall–Kier alpha value is -0.680. The summed E-state index contributed by atoms with van der Waals surface area (Å²) >= 11 is 3.43. The lowest BCUT2D eigenvalue weighted by atomic mass is 10.1. The number of piperidine rings is 1. The van der Waals surface area contributed by atoms with Crippen molar-refractivity contribution in [2.24, 2.45) is 0 Å². The molecule has 1 aliphatic heterocycles. The number of hydrogen-bond acceptors (Lipinski definition) is 4. The van der Waals surface area contributed by atoms with Gasteiger partial charge < -0.3 is 10.0 Å². The maximum Gasteiger partial charge on any atom is 0.134 e. The molecule has 1 fully saturated rings. The zero-order valence-corrected chi connectivity index (χ0v) is 11.8. The van der Waals surface area contributed by atoms with Crippen molar-refractivity contribution in [1.82, 2.24) is 9.97 Å². The van der Waals surface area contributed by atoms with Crippen LogP contribution in [0.5, 0.6) is 0 Å². The van der Waals surface area contributed by atoms with Gasteiger partial charge in [0.1, 0.15) is 16.2 Å². The average molecular weight is 300 g/mol. The Morgan fingerprint density at radius 2 is 2.00 bits per heavy atom. The van der Waals surface area contributed by atoms with Gasteiger partial charge in [-0.3, -0.25) is 0 Å². The molecule has 0 spiro atoms. The fourth-order valence-electron chi connectivity index (χ4n) is 1.94. The quantitative estimate of drug-likeness (QED) is 0.852. The fourth-order valence-corrected chi connectivity index (χ4v) is 2.32. The highest BCUT2D eigenvalue weighted by Crippen LogP contribution is 2.23. The maximum absolute atomic E-state index is 9.50. The Morgan fingerprint density at radius 1 is 1.35 bits per heavy atom. The summed E-state index contributed by atoms with van der Waals surface area (Å²) in [7, 11) is 0. The largest absolute Gasteiger partial charge is 0.393 e. The van der Waals surface area contributed by atoms with E-state index in [1.54, 1.807) is 0 Å². The number of halogens is 1. The number of aliphatic hydroxyl groups is 1. The molecule has 0 aliphatic carbocycles. The van der Waals surface area contributed by atoms with Crippen LogP contribution >= 0.6 is 15.9 Å². The van der Waals surface area contributed by atoms with Gasteiger partial charge in [-0.1, -0.05) is 13.8 Å². The second kappa shape index (κ2) is 5.31. The van der Waals surface area contributed by atoms with Gasteiger partial charge in [-0.05, 0) is 28.8 Å². The van der Waals surface area contributed by atoms with E-state index in [4.69, 9.17) is 0 Å². The zero-order chi connectivity index (χ0) is 12.4. The molecule has 4 nitrogen and oxygen atoms in total. The van der Waals surface area contributed by atoms with Crippen LogP contribution in [0.3, 0.4) is 0 Å². The van der Waals surface area contributed by atoms with Gasteiger partial charge in [-0.15, -0.1) is 0 Å². The summed E-state index contributed by atoms with van der Waals surface area (Å²) in [4.78, 5) is 11.2. The van der Waals surface area contributed by atoms with E-state index in [0.717, 1.165) is 42.2 Å². The van der Waals surface area contributed by atoms with Gasteiger partial charge in [0, 0.05) is 25.1 Å². The molecule has 0 aromatic carbocycles. The summed E-state index contributed by atoms with van der Waals surface area (Å²) in [6.45, 7) is 5.90. The molecule has 1 aliphatic rings. The molecular weight excluding hydrogens is 282 g/mol. The molecule has 0 amide bonds. The van der Waals surface area contributed by atoms with Crippen molar-refractivity contribution >= 4 is 21.7 Å². The topological polar surface area (TPSA) is 49.2 Å². The zero-order valence-electron chi connectivity index (χ0n) is 10.2. The Bertz CT molecular complexity index is 389. The van der Waals surface area contributed by atoms with Crippen molar-refractivity contribution in [2.75, 3.05) is 18.0 Å². The smallest absolute Gasteiger partial charge is 0.134 e. The van der Waals surface area contributed by atoms with Crippen LogP contribution in [0.4, 0.5) is 5.82 Å². The molecule has 0 unspecified atom stereocenters. The lowest BCUT2D eigenvalue weighted by Gasteiger charge is -2.30. The van der Waals surface area contributed by atoms with Gasteiger partial charge in [0.25, 0.3) is 0 Å². The molecular formula is C12H18BrN3O. The second-order valence-electron chi connectivity index (χ2n) is 4.78. The second-order valence-corrected chi connectivity index (χ2v) is 5.59. The van der Waals surface area contributed by atoms with Gasteiger partial charge in [0.15, 0.2) is 0 Å². The van der Waals surface area contributed by atoms with Crippen LogP contribution in [-0.2, 0) is 0 Å². The summed E-state index contributed by atoms with van der Waals surface area (Å²) in [5, 5.41) is 9.50. The number of anilines is 1. The minimum Gasteiger partial charge on any atom is -0.393 e. The highest BCUT2D eigenvalue weighted by Gasteiger charge is 2.19. The first-order valence-corrected chi connectivity index (χ1v) is 6.83. The van der Waals surface area contributed by atoms with Crippen LogP contribution in [0.2, 0.25) is 0 Å². The number of aromatic nitrogens is 2. The normalized spacial score (nSPS) is 17.8. The van der Waals surface area contributed by atoms with E-state index in [0.29, 0.717) is 5.92 Å². The van der Waals surface area contributed by atoms with Crippen molar-refractivity contribution in [2.45, 2.75) is 38.7 Å². The average Bonchev–Trinajstić information content (AvgIpc) is 2.29. The van der Waals surface area contributed by atoms with E-state index >= 15 is 0 Å². The Balaban J connectivity index is 2.20. The summed E-state index contributed by atoms with van der Waals surface area (Å²) in [5.41, 5.74) is 0. The third kappa shape index (κ3) is 3.16. The predicted octanol–water partition coefficient (Wildman–Crippen LogP) is 2.32. The SMILES string of the molecule is CC(C)c1nc(Br)cc(N2CCC(O)CC2)n1. The van der Waals surface area contributed by atoms with Gasteiger partial charge in [0.2, 0.25) is 0 Å². The maximum atomic E-state index is 9.50. The van der Waals surface area contributed by atoms with Gasteiger partial charge >= 0.3 is 0 Å². The molecule has 1 aromatic heterocycles.